The van der Waals surface area contributed by atoms with Crippen LogP contribution in [-0.4, -0.2) is 65.4 Å². The second-order valence-electron chi connectivity index (χ2n) is 8.15. The van der Waals surface area contributed by atoms with E-state index in [1.807, 2.05) is 35.1 Å². The van der Waals surface area contributed by atoms with Gasteiger partial charge >= 0.3 is 163 Å². The summed E-state index contributed by atoms with van der Waals surface area (Å²) in [5.74, 6) is 1.27. The number of anilines is 2. The fourth-order valence-electron chi connectivity index (χ4n) is 3.57. The molecule has 0 aliphatic heterocycles. The number of hydrogen-bond acceptors (Lipinski definition) is 8. The molecule has 4 rings (SSSR count). The summed E-state index contributed by atoms with van der Waals surface area (Å²) in [6, 6.07) is 7.76. The molecule has 2 unspecified atom stereocenters. The van der Waals surface area contributed by atoms with Crippen molar-refractivity contribution in [1.29, 1.82) is 0 Å². The molecule has 2 N–H and O–H groups in total. The van der Waals surface area contributed by atoms with Gasteiger partial charge in [-0.25, -0.2) is 9.97 Å². The summed E-state index contributed by atoms with van der Waals surface area (Å²) in [6.07, 6.45) is 6.28. The number of aliphatic hydroxyl groups excluding tert-OH is 1. The molecule has 0 fully saturated rings. The predicted molar refractivity (Wildman–Crippen MR) is 135 cm³/mol. The summed E-state index contributed by atoms with van der Waals surface area (Å²) in [5.41, 5.74) is 6.09. The molecule has 10 heteroatoms. The number of aromatic nitrogens is 5. The van der Waals surface area contributed by atoms with Crippen molar-refractivity contribution in [2.45, 2.75) is 36.9 Å². The minimum absolute atomic E-state index is 0.126. The van der Waals surface area contributed by atoms with E-state index in [-0.39, 0.29) is 28.4 Å². The fourth-order valence-corrected chi connectivity index (χ4v) is 4.81. The number of pyridine rings is 1. The number of hydrogen-bond donors (Lipinski definition) is 2. The predicted octanol–water partition coefficient (Wildman–Crippen LogP) is 3.86. The van der Waals surface area contributed by atoms with E-state index in [9.17, 15) is 5.11 Å². The van der Waals surface area contributed by atoms with E-state index >= 15 is 0 Å². The van der Waals surface area contributed by atoms with Crippen molar-refractivity contribution >= 4 is 38.2 Å². The van der Waals surface area contributed by atoms with Crippen LogP contribution in [0.2, 0.25) is 10.9 Å². The summed E-state index contributed by atoms with van der Waals surface area (Å²) in [4.78, 5) is 13.1. The summed E-state index contributed by atoms with van der Waals surface area (Å²) in [5, 5.41) is 19.8. The molecule has 2 atom stereocenters. The van der Waals surface area contributed by atoms with Gasteiger partial charge in [0.1, 0.15) is 6.33 Å². The van der Waals surface area contributed by atoms with E-state index in [0.29, 0.717) is 11.5 Å². The molecule has 0 saturated carbocycles. The summed E-state index contributed by atoms with van der Waals surface area (Å²) < 4.78 is 13.3. The zero-order valence-corrected chi connectivity index (χ0v) is 21.8. The zero-order chi connectivity index (χ0) is 24.1. The molecule has 34 heavy (non-hydrogen) atoms. The Morgan fingerprint density at radius 1 is 1.09 bits per heavy atom. The second kappa shape index (κ2) is 10.8. The van der Waals surface area contributed by atoms with E-state index < -0.39 is 6.10 Å². The van der Waals surface area contributed by atoms with Crippen molar-refractivity contribution in [2.24, 2.45) is 0 Å². The van der Waals surface area contributed by atoms with Crippen LogP contribution in [0.15, 0.2) is 49.2 Å². The van der Waals surface area contributed by atoms with Gasteiger partial charge in [-0.1, -0.05) is 0 Å². The Labute approximate surface area is 205 Å². The van der Waals surface area contributed by atoms with Crippen LogP contribution in [0.5, 0.6) is 11.5 Å². The Morgan fingerprint density at radius 2 is 1.85 bits per heavy atom. The van der Waals surface area contributed by atoms with Crippen molar-refractivity contribution in [2.75, 3.05) is 19.0 Å². The van der Waals surface area contributed by atoms with Gasteiger partial charge in [-0.15, -0.1) is 0 Å². The van der Waals surface area contributed by atoms with Gasteiger partial charge in [0.05, 0.1) is 12.4 Å². The molecule has 0 saturated heterocycles. The third kappa shape index (κ3) is 5.48. The Kier molecular flexibility index (Phi) is 7.65. The maximum atomic E-state index is 10.1. The molecule has 0 amide bonds. The van der Waals surface area contributed by atoms with Gasteiger partial charge in [-0.2, -0.15) is 0 Å². The molecule has 178 valence electrons. The molecule has 0 aliphatic carbocycles. The first-order valence-corrected chi connectivity index (χ1v) is 14.6. The molecule has 0 aliphatic rings. The second-order valence-corrected chi connectivity index (χ2v) is 10.5. The molecule has 4 aromatic rings. The van der Waals surface area contributed by atoms with Crippen LogP contribution in [0.1, 0.15) is 19.9 Å². The number of benzene rings is 1. The number of nitrogens with one attached hydrogen (secondary N) is 1. The Morgan fingerprint density at radius 3 is 2.56 bits per heavy atom. The first kappa shape index (κ1) is 24.0. The normalized spacial score (nSPS) is 12.5. The Bertz CT molecular complexity index is 1250. The van der Waals surface area contributed by atoms with Gasteiger partial charge in [0.25, 0.3) is 0 Å². The molecule has 0 radical (unpaired) electrons. The van der Waals surface area contributed by atoms with Crippen LogP contribution < -0.4 is 14.8 Å². The van der Waals surface area contributed by atoms with Crippen molar-refractivity contribution in [3.8, 4) is 22.8 Å². The van der Waals surface area contributed by atoms with Crippen LogP contribution in [-0.2, 0) is 0 Å². The van der Waals surface area contributed by atoms with Gasteiger partial charge < -0.3 is 0 Å². The summed E-state index contributed by atoms with van der Waals surface area (Å²) in [6.45, 7) is 4.39. The van der Waals surface area contributed by atoms with Crippen LogP contribution in [0.4, 0.5) is 11.4 Å². The molecule has 0 bridgehead atoms. The number of fused-ring (bicyclic) bond motifs is 1. The van der Waals surface area contributed by atoms with Crippen molar-refractivity contribution in [1.82, 2.24) is 24.7 Å². The first-order valence-electron chi connectivity index (χ1n) is 11.0. The number of rotatable bonds is 10. The minimum atomic E-state index is -0.460. The van der Waals surface area contributed by atoms with Crippen LogP contribution in [0.3, 0.4) is 0 Å². The monoisotopic (exact) mass is 524 g/mol. The van der Waals surface area contributed by atoms with Crippen molar-refractivity contribution in [3.63, 3.8) is 0 Å². The summed E-state index contributed by atoms with van der Waals surface area (Å²) in [7, 11) is 1.62. The number of nitrogens with zero attached hydrogens (tertiary/aromatic N) is 5. The molecule has 3 aromatic heterocycles. The van der Waals surface area contributed by atoms with Crippen molar-refractivity contribution in [3.05, 3.63) is 49.2 Å². The number of methoxy groups -OCH3 is 1. The third-order valence-electron chi connectivity index (χ3n) is 5.19. The average Bonchev–Trinajstić information content (AvgIpc) is 3.28. The fraction of sp³-hybridized carbons (Fsp3) is 0.333. The van der Waals surface area contributed by atoms with Crippen LogP contribution in [0.25, 0.3) is 22.3 Å². The maximum absolute atomic E-state index is 10.1. The van der Waals surface area contributed by atoms with Gasteiger partial charge in [-0.05, 0) is 13.8 Å². The SMILES string of the molecule is COc1cc(OCC(O)C[AsH]C)cc(-c2cc(Nc3cncnc3)c3cnn(C(C)C)c3n2)c1. The van der Waals surface area contributed by atoms with Gasteiger partial charge in [-0.3, -0.25) is 0 Å². The molecule has 3 heterocycles. The Hall–Kier alpha value is -3.16. The van der Waals surface area contributed by atoms with Gasteiger partial charge in [0.2, 0.25) is 0 Å². The van der Waals surface area contributed by atoms with E-state index in [2.05, 4.69) is 39.9 Å². The number of aliphatic hydroxyl groups is 1. The molecule has 0 spiro atoms. The van der Waals surface area contributed by atoms with E-state index in [0.717, 1.165) is 38.9 Å². The number of ether oxygens (including phenoxy) is 2. The van der Waals surface area contributed by atoms with E-state index in [1.54, 1.807) is 19.5 Å². The standard InChI is InChI=1S/C24H29AsN6O3/c1-15(2)31-24-21(12-28-31)23(29-17-10-26-14-27-11-17)8-22(30-24)16-5-19(33-4)7-20(6-16)34-13-18(32)9-25-3/h5-8,10-12,14-15,18,25,32H,9,13H2,1-4H3,(H,29,30). The quantitative estimate of drug-likeness (QED) is 0.301. The van der Waals surface area contributed by atoms with Crippen LogP contribution in [0, 0.1) is 0 Å². The van der Waals surface area contributed by atoms with E-state index in [4.69, 9.17) is 14.5 Å². The third-order valence-corrected chi connectivity index (χ3v) is 7.03. The summed E-state index contributed by atoms with van der Waals surface area (Å²) >= 11 is -0.126. The first-order chi connectivity index (χ1) is 16.5. The Balaban J connectivity index is 1.78. The van der Waals surface area contributed by atoms with Gasteiger partial charge in [0, 0.05) is 0 Å². The van der Waals surface area contributed by atoms with Crippen LogP contribution >= 0.6 is 0 Å². The van der Waals surface area contributed by atoms with Crippen molar-refractivity contribution < 1.29 is 14.6 Å². The zero-order valence-electron chi connectivity index (χ0n) is 19.7. The van der Waals surface area contributed by atoms with Gasteiger partial charge in [0.15, 0.2) is 0 Å². The molecular weight excluding hydrogens is 495 g/mol. The topological polar surface area (TPSA) is 107 Å². The van der Waals surface area contributed by atoms with E-state index in [1.165, 1.54) is 6.33 Å². The average molecular weight is 524 g/mol. The molecular formula is C24H29AsN6O3. The molecule has 1 aromatic carbocycles. The molecule has 9 nitrogen and oxygen atoms in total.